The molecule has 1 saturated heterocycles. The Hall–Kier alpha value is -2.74. The summed E-state index contributed by atoms with van der Waals surface area (Å²) in [6, 6.07) is 9.63. The van der Waals surface area contributed by atoms with Gasteiger partial charge in [-0.2, -0.15) is 0 Å². The molecule has 0 radical (unpaired) electrons. The quantitative estimate of drug-likeness (QED) is 0.810. The van der Waals surface area contributed by atoms with Gasteiger partial charge in [0, 0.05) is 26.2 Å². The van der Waals surface area contributed by atoms with Gasteiger partial charge < -0.3 is 10.6 Å². The minimum absolute atomic E-state index is 0.0139. The first-order valence-electron chi connectivity index (χ1n) is 8.37. The lowest BCUT2D eigenvalue weighted by atomic mass is 10.0. The number of amides is 2. The predicted octanol–water partition coefficient (Wildman–Crippen LogP) is 0.208. The molecule has 1 fully saturated rings. The molecule has 132 valence electrons. The fraction of sp³-hybridized carbons (Fsp3) is 0.412. The van der Waals surface area contributed by atoms with Crippen molar-refractivity contribution in [2.24, 2.45) is 0 Å². The first-order chi connectivity index (χ1) is 12.2. The summed E-state index contributed by atoms with van der Waals surface area (Å²) in [6.45, 7) is 1.98. The van der Waals surface area contributed by atoms with Gasteiger partial charge in [-0.15, -0.1) is 5.10 Å². The molecule has 1 aromatic heterocycles. The van der Waals surface area contributed by atoms with Gasteiger partial charge in [0.05, 0.1) is 18.4 Å². The summed E-state index contributed by atoms with van der Waals surface area (Å²) in [4.78, 5) is 25.9. The Balaban J connectivity index is 1.52. The number of hydrogen-bond donors (Lipinski definition) is 2. The molecule has 0 saturated carbocycles. The number of carbonyl (C=O) groups is 2. The van der Waals surface area contributed by atoms with Crippen molar-refractivity contribution in [3.63, 3.8) is 0 Å². The third-order valence-corrected chi connectivity index (χ3v) is 4.32. The van der Waals surface area contributed by atoms with Gasteiger partial charge in [0.1, 0.15) is 0 Å². The van der Waals surface area contributed by atoms with Crippen LogP contribution in [0, 0.1) is 0 Å². The average Bonchev–Trinajstić information content (AvgIpc) is 3.14. The normalized spacial score (nSPS) is 15.7. The lowest BCUT2D eigenvalue weighted by Gasteiger charge is -2.31. The van der Waals surface area contributed by atoms with Crippen molar-refractivity contribution in [2.75, 3.05) is 26.7 Å². The van der Waals surface area contributed by atoms with E-state index in [4.69, 9.17) is 0 Å². The minimum Gasteiger partial charge on any atom is -0.358 e. The lowest BCUT2D eigenvalue weighted by molar-refractivity contribution is -0.122. The van der Waals surface area contributed by atoms with E-state index in [2.05, 4.69) is 25.8 Å². The van der Waals surface area contributed by atoms with E-state index >= 15 is 0 Å². The number of aromatic nitrogens is 3. The van der Waals surface area contributed by atoms with E-state index in [1.54, 1.807) is 17.9 Å². The SMILES string of the molecule is CNC(=O)CN1CCC(NC(=O)c2cn(-c3ccccc3)nn2)CC1. The molecule has 2 N–H and O–H groups in total. The first kappa shape index (κ1) is 17.1. The number of likely N-dealkylation sites (N-methyl/N-ethyl adjacent to an activating group) is 1. The summed E-state index contributed by atoms with van der Waals surface area (Å²) >= 11 is 0. The van der Waals surface area contributed by atoms with Crippen molar-refractivity contribution in [3.05, 3.63) is 42.2 Å². The Morgan fingerprint density at radius 3 is 2.60 bits per heavy atom. The number of para-hydroxylation sites is 1. The molecule has 2 aromatic rings. The molecule has 8 nitrogen and oxygen atoms in total. The molecule has 0 spiro atoms. The fourth-order valence-corrected chi connectivity index (χ4v) is 2.85. The third-order valence-electron chi connectivity index (χ3n) is 4.32. The summed E-state index contributed by atoms with van der Waals surface area (Å²) in [7, 11) is 1.64. The summed E-state index contributed by atoms with van der Waals surface area (Å²) in [6.07, 6.45) is 3.26. The summed E-state index contributed by atoms with van der Waals surface area (Å²) in [5, 5.41) is 13.6. The van der Waals surface area contributed by atoms with Gasteiger partial charge >= 0.3 is 0 Å². The van der Waals surface area contributed by atoms with E-state index in [0.29, 0.717) is 12.2 Å². The number of nitrogens with zero attached hydrogens (tertiary/aromatic N) is 4. The van der Waals surface area contributed by atoms with Crippen molar-refractivity contribution in [2.45, 2.75) is 18.9 Å². The van der Waals surface area contributed by atoms with E-state index in [9.17, 15) is 9.59 Å². The molecule has 0 unspecified atom stereocenters. The topological polar surface area (TPSA) is 92.2 Å². The molecule has 1 aliphatic heterocycles. The second-order valence-corrected chi connectivity index (χ2v) is 6.08. The molecule has 25 heavy (non-hydrogen) atoms. The Bertz CT molecular complexity index is 722. The van der Waals surface area contributed by atoms with E-state index < -0.39 is 0 Å². The highest BCUT2D eigenvalue weighted by Crippen LogP contribution is 2.11. The first-order valence-corrected chi connectivity index (χ1v) is 8.37. The molecular formula is C17H22N6O2. The van der Waals surface area contributed by atoms with Gasteiger partial charge in [-0.05, 0) is 25.0 Å². The number of likely N-dealkylation sites (tertiary alicyclic amines) is 1. The van der Waals surface area contributed by atoms with Crippen molar-refractivity contribution in [3.8, 4) is 5.69 Å². The van der Waals surface area contributed by atoms with Crippen LogP contribution >= 0.6 is 0 Å². The van der Waals surface area contributed by atoms with Crippen molar-refractivity contribution in [1.29, 1.82) is 0 Å². The maximum atomic E-state index is 12.4. The maximum Gasteiger partial charge on any atom is 0.273 e. The van der Waals surface area contributed by atoms with Gasteiger partial charge in [0.25, 0.3) is 5.91 Å². The van der Waals surface area contributed by atoms with Crippen LogP contribution < -0.4 is 10.6 Å². The van der Waals surface area contributed by atoms with Crippen LogP contribution in [-0.4, -0.2) is 64.4 Å². The Kier molecular flexibility index (Phi) is 5.39. The molecule has 0 atom stereocenters. The van der Waals surface area contributed by atoms with Gasteiger partial charge in [-0.1, -0.05) is 23.4 Å². The van der Waals surface area contributed by atoms with E-state index in [-0.39, 0.29) is 17.9 Å². The minimum atomic E-state index is -0.216. The fourth-order valence-electron chi connectivity index (χ4n) is 2.85. The van der Waals surface area contributed by atoms with Crippen molar-refractivity contribution in [1.82, 2.24) is 30.5 Å². The van der Waals surface area contributed by atoms with Gasteiger partial charge in [-0.3, -0.25) is 14.5 Å². The van der Waals surface area contributed by atoms with Crippen molar-refractivity contribution >= 4 is 11.8 Å². The Labute approximate surface area is 146 Å². The largest absolute Gasteiger partial charge is 0.358 e. The molecule has 2 heterocycles. The standard InChI is InChI=1S/C17H22N6O2/c1-18-16(24)12-22-9-7-13(8-10-22)19-17(25)15-11-23(21-20-15)14-5-3-2-4-6-14/h2-6,11,13H,7-10,12H2,1H3,(H,18,24)(H,19,25). The van der Waals surface area contributed by atoms with Gasteiger partial charge in [0.15, 0.2) is 5.69 Å². The Morgan fingerprint density at radius 2 is 1.92 bits per heavy atom. The van der Waals surface area contributed by atoms with Crippen LogP contribution in [0.15, 0.2) is 36.5 Å². The van der Waals surface area contributed by atoms with E-state index in [1.807, 2.05) is 30.3 Å². The van der Waals surface area contributed by atoms with Crippen LogP contribution in [0.25, 0.3) is 5.69 Å². The number of nitrogens with one attached hydrogen (secondary N) is 2. The molecule has 0 aliphatic carbocycles. The molecular weight excluding hydrogens is 320 g/mol. The number of benzene rings is 1. The van der Waals surface area contributed by atoms with Gasteiger partial charge in [-0.25, -0.2) is 4.68 Å². The zero-order chi connectivity index (χ0) is 17.6. The molecule has 1 aliphatic rings. The Morgan fingerprint density at radius 1 is 1.20 bits per heavy atom. The molecule has 2 amide bonds. The zero-order valence-corrected chi connectivity index (χ0v) is 14.2. The van der Waals surface area contributed by atoms with Crippen LogP contribution in [0.2, 0.25) is 0 Å². The number of piperidine rings is 1. The number of carbonyl (C=O) groups excluding carboxylic acids is 2. The molecule has 3 rings (SSSR count). The summed E-state index contributed by atoms with van der Waals surface area (Å²) in [5.74, 6) is -0.202. The monoisotopic (exact) mass is 342 g/mol. The van der Waals surface area contributed by atoms with Crippen LogP contribution in [0.4, 0.5) is 0 Å². The summed E-state index contributed by atoms with van der Waals surface area (Å²) < 4.78 is 1.58. The van der Waals surface area contributed by atoms with E-state index in [0.717, 1.165) is 31.6 Å². The lowest BCUT2D eigenvalue weighted by Crippen LogP contribution is -2.47. The second kappa shape index (κ2) is 7.89. The highest BCUT2D eigenvalue weighted by Gasteiger charge is 2.23. The van der Waals surface area contributed by atoms with Crippen molar-refractivity contribution < 1.29 is 9.59 Å². The number of rotatable bonds is 5. The van der Waals surface area contributed by atoms with Gasteiger partial charge in [0.2, 0.25) is 5.91 Å². The highest BCUT2D eigenvalue weighted by atomic mass is 16.2. The number of hydrogen-bond acceptors (Lipinski definition) is 5. The molecule has 0 bridgehead atoms. The highest BCUT2D eigenvalue weighted by molar-refractivity contribution is 5.92. The smallest absolute Gasteiger partial charge is 0.273 e. The van der Waals surface area contributed by atoms with Crippen LogP contribution in [0.3, 0.4) is 0 Å². The predicted molar refractivity (Wildman–Crippen MR) is 92.4 cm³/mol. The molecule has 8 heteroatoms. The average molecular weight is 342 g/mol. The van der Waals surface area contributed by atoms with Crippen LogP contribution in [-0.2, 0) is 4.79 Å². The maximum absolute atomic E-state index is 12.4. The van der Waals surface area contributed by atoms with E-state index in [1.165, 1.54) is 0 Å². The second-order valence-electron chi connectivity index (χ2n) is 6.08. The van der Waals surface area contributed by atoms with Crippen LogP contribution in [0.5, 0.6) is 0 Å². The van der Waals surface area contributed by atoms with Crippen LogP contribution in [0.1, 0.15) is 23.3 Å². The third kappa shape index (κ3) is 4.42. The molecule has 1 aromatic carbocycles. The summed E-state index contributed by atoms with van der Waals surface area (Å²) in [5.41, 5.74) is 1.16. The zero-order valence-electron chi connectivity index (χ0n) is 14.2.